The van der Waals surface area contributed by atoms with Gasteiger partial charge in [0.05, 0.1) is 0 Å². The normalized spacial score (nSPS) is 13.4. The quantitative estimate of drug-likeness (QED) is 0.716. The Morgan fingerprint density at radius 1 is 0.952 bits per heavy atom. The van der Waals surface area contributed by atoms with E-state index in [9.17, 15) is 0 Å². The number of likely N-dealkylation sites (N-methyl/N-ethyl adjacent to an activating group) is 1. The molecule has 0 aliphatic rings. The second-order valence-corrected chi connectivity index (χ2v) is 6.51. The van der Waals surface area contributed by atoms with Crippen LogP contribution in [-0.2, 0) is 0 Å². The SMILES string of the molecule is CCCNC(CN(CC)C(C)C)c1ccc(C(C)C)cc1. The Kier molecular flexibility index (Phi) is 7.98. The number of rotatable bonds is 9. The monoisotopic (exact) mass is 290 g/mol. The molecule has 0 fully saturated rings. The van der Waals surface area contributed by atoms with E-state index < -0.39 is 0 Å². The maximum absolute atomic E-state index is 3.71. The molecular formula is C19H34N2. The van der Waals surface area contributed by atoms with Crippen molar-refractivity contribution in [3.63, 3.8) is 0 Å². The summed E-state index contributed by atoms with van der Waals surface area (Å²) in [5.41, 5.74) is 2.83. The van der Waals surface area contributed by atoms with Crippen LogP contribution in [0.5, 0.6) is 0 Å². The topological polar surface area (TPSA) is 15.3 Å². The Balaban J connectivity index is 2.85. The summed E-state index contributed by atoms with van der Waals surface area (Å²) in [7, 11) is 0. The molecule has 1 unspecified atom stereocenters. The first-order valence-electron chi connectivity index (χ1n) is 8.56. The van der Waals surface area contributed by atoms with Gasteiger partial charge < -0.3 is 5.32 Å². The van der Waals surface area contributed by atoms with Crippen molar-refractivity contribution >= 4 is 0 Å². The number of nitrogens with zero attached hydrogens (tertiary/aromatic N) is 1. The summed E-state index contributed by atoms with van der Waals surface area (Å²) in [6.07, 6.45) is 1.17. The molecule has 1 aromatic rings. The third kappa shape index (κ3) is 5.80. The van der Waals surface area contributed by atoms with Crippen LogP contribution < -0.4 is 5.32 Å². The van der Waals surface area contributed by atoms with E-state index in [1.54, 1.807) is 0 Å². The average Bonchev–Trinajstić information content (AvgIpc) is 2.47. The molecule has 0 radical (unpaired) electrons. The van der Waals surface area contributed by atoms with Crippen LogP contribution in [0.3, 0.4) is 0 Å². The number of hydrogen-bond donors (Lipinski definition) is 1. The molecule has 2 heteroatoms. The van der Waals surface area contributed by atoms with Crippen LogP contribution in [0, 0.1) is 0 Å². The molecule has 2 nitrogen and oxygen atoms in total. The molecular weight excluding hydrogens is 256 g/mol. The molecule has 1 rings (SSSR count). The van der Waals surface area contributed by atoms with E-state index in [4.69, 9.17) is 0 Å². The van der Waals surface area contributed by atoms with Gasteiger partial charge in [0.1, 0.15) is 0 Å². The molecule has 0 amide bonds. The van der Waals surface area contributed by atoms with E-state index >= 15 is 0 Å². The van der Waals surface area contributed by atoms with Gasteiger partial charge in [0, 0.05) is 18.6 Å². The molecule has 0 aliphatic heterocycles. The van der Waals surface area contributed by atoms with Crippen molar-refractivity contribution in [3.05, 3.63) is 35.4 Å². The zero-order valence-corrected chi connectivity index (χ0v) is 14.8. The average molecular weight is 290 g/mol. The van der Waals surface area contributed by atoms with Crippen LogP contribution in [0.2, 0.25) is 0 Å². The molecule has 1 N–H and O–H groups in total. The van der Waals surface area contributed by atoms with E-state index in [-0.39, 0.29) is 0 Å². The summed E-state index contributed by atoms with van der Waals surface area (Å²) in [4.78, 5) is 2.53. The first-order valence-corrected chi connectivity index (χ1v) is 8.56. The van der Waals surface area contributed by atoms with Gasteiger partial charge in [0.2, 0.25) is 0 Å². The summed E-state index contributed by atoms with van der Waals surface area (Å²) in [5, 5.41) is 3.71. The fraction of sp³-hybridized carbons (Fsp3) is 0.684. The highest BCUT2D eigenvalue weighted by Crippen LogP contribution is 2.20. The summed E-state index contributed by atoms with van der Waals surface area (Å²) < 4.78 is 0. The van der Waals surface area contributed by atoms with Gasteiger partial charge in [0.25, 0.3) is 0 Å². The molecule has 0 saturated carbocycles. The molecule has 0 heterocycles. The minimum Gasteiger partial charge on any atom is -0.309 e. The van der Waals surface area contributed by atoms with Gasteiger partial charge in [0.15, 0.2) is 0 Å². The first kappa shape index (κ1) is 18.2. The Bertz CT molecular complexity index is 381. The van der Waals surface area contributed by atoms with Crippen LogP contribution >= 0.6 is 0 Å². The lowest BCUT2D eigenvalue weighted by Gasteiger charge is -2.30. The highest BCUT2D eigenvalue weighted by atomic mass is 15.2. The minimum absolute atomic E-state index is 0.425. The van der Waals surface area contributed by atoms with Gasteiger partial charge in [-0.3, -0.25) is 4.90 Å². The fourth-order valence-electron chi connectivity index (χ4n) is 2.66. The molecule has 1 aromatic carbocycles. The van der Waals surface area contributed by atoms with Crippen molar-refractivity contribution in [3.8, 4) is 0 Å². The third-order valence-corrected chi connectivity index (χ3v) is 4.20. The highest BCUT2D eigenvalue weighted by Gasteiger charge is 2.16. The van der Waals surface area contributed by atoms with E-state index in [0.29, 0.717) is 18.0 Å². The first-order chi connectivity index (χ1) is 9.99. The van der Waals surface area contributed by atoms with Gasteiger partial charge in [-0.25, -0.2) is 0 Å². The molecule has 0 aliphatic carbocycles. The van der Waals surface area contributed by atoms with Crippen molar-refractivity contribution in [1.82, 2.24) is 10.2 Å². The van der Waals surface area contributed by atoms with Crippen molar-refractivity contribution in [2.45, 2.75) is 66.0 Å². The van der Waals surface area contributed by atoms with Crippen LogP contribution in [0.25, 0.3) is 0 Å². The fourth-order valence-corrected chi connectivity index (χ4v) is 2.66. The molecule has 120 valence electrons. The van der Waals surface area contributed by atoms with E-state index in [1.165, 1.54) is 17.5 Å². The van der Waals surface area contributed by atoms with Gasteiger partial charge in [-0.05, 0) is 50.4 Å². The number of benzene rings is 1. The number of nitrogens with one attached hydrogen (secondary N) is 1. The second kappa shape index (κ2) is 9.22. The third-order valence-electron chi connectivity index (χ3n) is 4.20. The molecule has 0 saturated heterocycles. The van der Waals surface area contributed by atoms with Crippen LogP contribution in [0.15, 0.2) is 24.3 Å². The maximum atomic E-state index is 3.71. The summed E-state index contributed by atoms with van der Waals surface area (Å²) >= 11 is 0. The maximum Gasteiger partial charge on any atom is 0.0449 e. The lowest BCUT2D eigenvalue weighted by molar-refractivity contribution is 0.207. The Hall–Kier alpha value is -0.860. The van der Waals surface area contributed by atoms with Gasteiger partial charge in [-0.1, -0.05) is 52.0 Å². The van der Waals surface area contributed by atoms with Gasteiger partial charge >= 0.3 is 0 Å². The van der Waals surface area contributed by atoms with Crippen molar-refractivity contribution in [1.29, 1.82) is 0 Å². The van der Waals surface area contributed by atoms with E-state index in [1.807, 2.05) is 0 Å². The smallest absolute Gasteiger partial charge is 0.0449 e. The molecule has 0 spiro atoms. The summed E-state index contributed by atoms with van der Waals surface area (Å²) in [6, 6.07) is 10.2. The van der Waals surface area contributed by atoms with Gasteiger partial charge in [-0.15, -0.1) is 0 Å². The highest BCUT2D eigenvalue weighted by molar-refractivity contribution is 5.27. The second-order valence-electron chi connectivity index (χ2n) is 6.51. The standard InChI is InChI=1S/C19H34N2/c1-7-13-20-19(14-21(8-2)16(5)6)18-11-9-17(10-12-18)15(3)4/h9-12,15-16,19-20H,7-8,13-14H2,1-6H3. The number of hydrogen-bond acceptors (Lipinski definition) is 2. The summed E-state index contributed by atoms with van der Waals surface area (Å²) in [5.74, 6) is 0.601. The minimum atomic E-state index is 0.425. The molecule has 1 atom stereocenters. The predicted octanol–water partition coefficient (Wildman–Crippen LogP) is 4.58. The lowest BCUT2D eigenvalue weighted by Crippen LogP contribution is -2.39. The van der Waals surface area contributed by atoms with Crippen LogP contribution in [0.4, 0.5) is 0 Å². The Labute approximate surface area is 131 Å². The lowest BCUT2D eigenvalue weighted by atomic mass is 9.98. The zero-order valence-electron chi connectivity index (χ0n) is 14.8. The van der Waals surface area contributed by atoms with Crippen LogP contribution in [0.1, 0.15) is 71.0 Å². The largest absolute Gasteiger partial charge is 0.309 e. The molecule has 0 aromatic heterocycles. The van der Waals surface area contributed by atoms with Crippen molar-refractivity contribution in [2.75, 3.05) is 19.6 Å². The zero-order chi connectivity index (χ0) is 15.8. The predicted molar refractivity (Wildman–Crippen MR) is 93.9 cm³/mol. The molecule has 0 bridgehead atoms. The summed E-state index contributed by atoms with van der Waals surface area (Å²) in [6.45, 7) is 16.8. The van der Waals surface area contributed by atoms with E-state index in [0.717, 1.165) is 19.6 Å². The van der Waals surface area contributed by atoms with Gasteiger partial charge in [-0.2, -0.15) is 0 Å². The van der Waals surface area contributed by atoms with Crippen molar-refractivity contribution < 1.29 is 0 Å². The van der Waals surface area contributed by atoms with E-state index in [2.05, 4.69) is 76.0 Å². The Morgan fingerprint density at radius 3 is 1.95 bits per heavy atom. The molecule has 21 heavy (non-hydrogen) atoms. The Morgan fingerprint density at radius 2 is 1.52 bits per heavy atom. The van der Waals surface area contributed by atoms with Crippen molar-refractivity contribution in [2.24, 2.45) is 0 Å². The van der Waals surface area contributed by atoms with Crippen LogP contribution in [-0.4, -0.2) is 30.6 Å².